The highest BCUT2D eigenvalue weighted by atomic mass is 35.5. The summed E-state index contributed by atoms with van der Waals surface area (Å²) in [5.41, 5.74) is 0.129. The molecule has 1 amide bonds. The van der Waals surface area contributed by atoms with E-state index < -0.39 is 5.54 Å². The summed E-state index contributed by atoms with van der Waals surface area (Å²) in [5.74, 6) is -0.192. The summed E-state index contributed by atoms with van der Waals surface area (Å²) in [4.78, 5) is 30.6. The topological polar surface area (TPSA) is 87.8 Å². The number of fused-ring (bicyclic) bond motifs is 1. The van der Waals surface area contributed by atoms with Crippen LogP contribution in [-0.2, 0) is 4.79 Å². The highest BCUT2D eigenvalue weighted by Crippen LogP contribution is 2.28. The van der Waals surface area contributed by atoms with Gasteiger partial charge >= 0.3 is 0 Å². The molecule has 1 N–H and O–H groups in total. The number of benzene rings is 2. The van der Waals surface area contributed by atoms with Crippen molar-refractivity contribution in [2.75, 3.05) is 5.75 Å². The van der Waals surface area contributed by atoms with Gasteiger partial charge in [-0.25, -0.2) is 4.98 Å². The Hall–Kier alpha value is -2.82. The molecule has 0 radical (unpaired) electrons. The maximum absolute atomic E-state index is 13.2. The molecule has 0 bridgehead atoms. The fourth-order valence-corrected chi connectivity index (χ4v) is 4.90. The van der Waals surface area contributed by atoms with E-state index in [0.717, 1.165) is 19.3 Å². The van der Waals surface area contributed by atoms with Crippen molar-refractivity contribution in [3.05, 3.63) is 63.9 Å². The number of nitriles is 1. The van der Waals surface area contributed by atoms with Gasteiger partial charge in [0.2, 0.25) is 5.91 Å². The van der Waals surface area contributed by atoms with Crippen LogP contribution >= 0.6 is 23.4 Å². The number of hydrogen-bond donors (Lipinski definition) is 1. The third-order valence-electron chi connectivity index (χ3n) is 5.44. The van der Waals surface area contributed by atoms with E-state index in [2.05, 4.69) is 16.4 Å². The Morgan fingerprint density at radius 2 is 1.97 bits per heavy atom. The van der Waals surface area contributed by atoms with Gasteiger partial charge in [0, 0.05) is 5.02 Å². The maximum atomic E-state index is 13.2. The Morgan fingerprint density at radius 1 is 1.19 bits per heavy atom. The second-order valence-corrected chi connectivity index (χ2v) is 9.00. The number of nitrogens with zero attached hydrogens (tertiary/aromatic N) is 3. The van der Waals surface area contributed by atoms with Crippen molar-refractivity contribution in [1.29, 1.82) is 5.26 Å². The summed E-state index contributed by atoms with van der Waals surface area (Å²) < 4.78 is 1.48. The zero-order valence-corrected chi connectivity index (χ0v) is 18.4. The van der Waals surface area contributed by atoms with Crippen LogP contribution in [-0.4, -0.2) is 26.8 Å². The minimum absolute atomic E-state index is 0.0504. The highest BCUT2D eigenvalue weighted by Gasteiger charge is 2.33. The number of aromatic nitrogens is 2. The molecule has 0 saturated heterocycles. The maximum Gasteiger partial charge on any atom is 0.266 e. The first-order valence-electron chi connectivity index (χ1n) is 10.1. The quantitative estimate of drug-likeness (QED) is 0.455. The molecule has 4 rings (SSSR count). The van der Waals surface area contributed by atoms with Gasteiger partial charge in [-0.2, -0.15) is 5.26 Å². The highest BCUT2D eigenvalue weighted by molar-refractivity contribution is 7.99. The van der Waals surface area contributed by atoms with Crippen LogP contribution in [0, 0.1) is 11.3 Å². The van der Waals surface area contributed by atoms with E-state index in [4.69, 9.17) is 11.6 Å². The largest absolute Gasteiger partial charge is 0.337 e. The molecule has 31 heavy (non-hydrogen) atoms. The smallest absolute Gasteiger partial charge is 0.266 e. The first kappa shape index (κ1) is 21.4. The molecular formula is C23H21ClN4O2S. The molecular weight excluding hydrogens is 432 g/mol. The average Bonchev–Trinajstić information content (AvgIpc) is 2.78. The van der Waals surface area contributed by atoms with Crippen LogP contribution in [0.3, 0.4) is 0 Å². The lowest BCUT2D eigenvalue weighted by atomic mass is 9.83. The fraction of sp³-hybridized carbons (Fsp3) is 0.304. The molecule has 0 atom stereocenters. The van der Waals surface area contributed by atoms with E-state index in [1.54, 1.807) is 42.5 Å². The third kappa shape index (κ3) is 4.60. The number of halogens is 1. The summed E-state index contributed by atoms with van der Waals surface area (Å²) >= 11 is 7.32. The number of nitrogens with one attached hydrogen (secondary N) is 1. The molecule has 1 fully saturated rings. The number of carbonyl (C=O) groups is 1. The molecule has 6 nitrogen and oxygen atoms in total. The Morgan fingerprint density at radius 3 is 2.71 bits per heavy atom. The normalized spacial score (nSPS) is 15.4. The van der Waals surface area contributed by atoms with Crippen molar-refractivity contribution in [2.45, 2.75) is 42.8 Å². The average molecular weight is 453 g/mol. The predicted octanol–water partition coefficient (Wildman–Crippen LogP) is 4.47. The van der Waals surface area contributed by atoms with E-state index in [1.165, 1.54) is 16.3 Å². The van der Waals surface area contributed by atoms with Crippen LogP contribution in [0.2, 0.25) is 5.02 Å². The standard InChI is InChI=1S/C23H21ClN4O2S/c24-16-7-6-8-17(13-16)28-21(30)18-9-2-3-10-19(18)26-22(28)31-14-20(29)27-23(15-25)11-4-1-5-12-23/h2-3,6-10,13H,1,4-5,11-12,14H2,(H,27,29). The second kappa shape index (κ2) is 9.13. The van der Waals surface area contributed by atoms with E-state index in [0.29, 0.717) is 39.6 Å². The molecule has 0 aliphatic heterocycles. The number of hydrogen-bond acceptors (Lipinski definition) is 5. The van der Waals surface area contributed by atoms with E-state index >= 15 is 0 Å². The van der Waals surface area contributed by atoms with Crippen molar-refractivity contribution < 1.29 is 4.79 Å². The summed E-state index contributed by atoms with van der Waals surface area (Å²) in [5, 5.41) is 13.9. The minimum Gasteiger partial charge on any atom is -0.337 e. The summed E-state index contributed by atoms with van der Waals surface area (Å²) in [6, 6.07) is 16.4. The molecule has 0 spiro atoms. The van der Waals surface area contributed by atoms with Crippen molar-refractivity contribution in [1.82, 2.24) is 14.9 Å². The number of rotatable bonds is 5. The van der Waals surface area contributed by atoms with Gasteiger partial charge in [-0.3, -0.25) is 14.2 Å². The van der Waals surface area contributed by atoms with Crippen molar-refractivity contribution in [2.24, 2.45) is 0 Å². The SMILES string of the molecule is N#CC1(NC(=O)CSc2nc3ccccc3c(=O)n2-c2cccc(Cl)c2)CCCCC1. The lowest BCUT2D eigenvalue weighted by molar-refractivity contribution is -0.120. The van der Waals surface area contributed by atoms with Gasteiger partial charge in [-0.15, -0.1) is 0 Å². The van der Waals surface area contributed by atoms with E-state index in [1.807, 2.05) is 6.07 Å². The van der Waals surface area contributed by atoms with Gasteiger partial charge in [0.1, 0.15) is 5.54 Å². The molecule has 158 valence electrons. The van der Waals surface area contributed by atoms with Gasteiger partial charge in [-0.05, 0) is 43.2 Å². The Labute approximate surface area is 189 Å². The van der Waals surface area contributed by atoms with Gasteiger partial charge in [0.05, 0.1) is 28.4 Å². The predicted molar refractivity (Wildman–Crippen MR) is 123 cm³/mol. The molecule has 1 aromatic heterocycles. The first-order valence-corrected chi connectivity index (χ1v) is 11.5. The zero-order chi connectivity index (χ0) is 21.8. The molecule has 1 heterocycles. The minimum atomic E-state index is -0.792. The van der Waals surface area contributed by atoms with Crippen molar-refractivity contribution in [3.8, 4) is 11.8 Å². The molecule has 3 aromatic rings. The van der Waals surface area contributed by atoms with Gasteiger partial charge in [0.25, 0.3) is 5.56 Å². The van der Waals surface area contributed by atoms with Gasteiger partial charge in [0.15, 0.2) is 5.16 Å². The number of para-hydroxylation sites is 1. The summed E-state index contributed by atoms with van der Waals surface area (Å²) in [6.07, 6.45) is 4.28. The van der Waals surface area contributed by atoms with Crippen LogP contribution < -0.4 is 10.9 Å². The molecule has 0 unspecified atom stereocenters. The number of amides is 1. The Kier molecular flexibility index (Phi) is 6.30. The van der Waals surface area contributed by atoms with Crippen LogP contribution in [0.1, 0.15) is 32.1 Å². The molecule has 1 aliphatic rings. The van der Waals surface area contributed by atoms with Crippen LogP contribution in [0.15, 0.2) is 58.5 Å². The van der Waals surface area contributed by atoms with Crippen LogP contribution in [0.5, 0.6) is 0 Å². The van der Waals surface area contributed by atoms with Crippen molar-refractivity contribution >= 4 is 40.2 Å². The summed E-state index contributed by atoms with van der Waals surface area (Å²) in [6.45, 7) is 0. The molecule has 2 aromatic carbocycles. The van der Waals surface area contributed by atoms with Crippen LogP contribution in [0.25, 0.3) is 16.6 Å². The Balaban J connectivity index is 1.65. The van der Waals surface area contributed by atoms with Gasteiger partial charge < -0.3 is 5.32 Å². The number of thioether (sulfide) groups is 1. The zero-order valence-electron chi connectivity index (χ0n) is 16.8. The fourth-order valence-electron chi connectivity index (χ4n) is 3.91. The lowest BCUT2D eigenvalue weighted by Gasteiger charge is -2.31. The summed E-state index contributed by atoms with van der Waals surface area (Å²) in [7, 11) is 0. The lowest BCUT2D eigenvalue weighted by Crippen LogP contribution is -2.49. The van der Waals surface area contributed by atoms with Crippen molar-refractivity contribution in [3.63, 3.8) is 0 Å². The Bertz CT molecular complexity index is 1230. The number of carbonyl (C=O) groups excluding carboxylic acids is 1. The monoisotopic (exact) mass is 452 g/mol. The van der Waals surface area contributed by atoms with E-state index in [-0.39, 0.29) is 17.2 Å². The van der Waals surface area contributed by atoms with Gasteiger partial charge in [-0.1, -0.05) is 60.8 Å². The second-order valence-electron chi connectivity index (χ2n) is 7.62. The molecule has 1 aliphatic carbocycles. The third-order valence-corrected chi connectivity index (χ3v) is 6.62. The first-order chi connectivity index (χ1) is 15.0. The molecule has 1 saturated carbocycles. The van der Waals surface area contributed by atoms with Crippen LogP contribution in [0.4, 0.5) is 0 Å². The molecule has 8 heteroatoms. The van der Waals surface area contributed by atoms with E-state index in [9.17, 15) is 14.9 Å².